The van der Waals surface area contributed by atoms with Crippen molar-refractivity contribution in [3.05, 3.63) is 35.4 Å². The van der Waals surface area contributed by atoms with E-state index in [-0.39, 0.29) is 24.6 Å². The van der Waals surface area contributed by atoms with Crippen LogP contribution in [0.15, 0.2) is 24.3 Å². The van der Waals surface area contributed by atoms with Crippen molar-refractivity contribution < 1.29 is 23.8 Å². The van der Waals surface area contributed by atoms with Crippen LogP contribution in [0.5, 0.6) is 0 Å². The molecule has 0 heterocycles. The van der Waals surface area contributed by atoms with Crippen LogP contribution in [0.1, 0.15) is 62.9 Å². The third-order valence-corrected chi connectivity index (χ3v) is 3.55. The molecule has 0 aliphatic carbocycles. The molecule has 1 atom stereocenters. The van der Waals surface area contributed by atoms with E-state index in [9.17, 15) is 9.59 Å². The van der Waals surface area contributed by atoms with Gasteiger partial charge in [0.1, 0.15) is 0 Å². The van der Waals surface area contributed by atoms with Crippen LogP contribution in [0.4, 0.5) is 4.79 Å². The zero-order valence-corrected chi connectivity index (χ0v) is 15.7. The molecule has 0 saturated heterocycles. The average molecular weight is 350 g/mol. The molecule has 0 radical (unpaired) electrons. The van der Waals surface area contributed by atoms with E-state index < -0.39 is 6.16 Å². The molecular formula is C20H30O5. The molecule has 140 valence electrons. The average Bonchev–Trinajstić information content (AvgIpc) is 2.57. The van der Waals surface area contributed by atoms with Crippen LogP contribution in [-0.2, 0) is 20.6 Å². The van der Waals surface area contributed by atoms with Crippen molar-refractivity contribution in [1.29, 1.82) is 0 Å². The SMILES string of the molecule is CCCc1ccc(C(=O)OC(C)CCCOC(=O)OCC(C)C)cc1. The highest BCUT2D eigenvalue weighted by Gasteiger charge is 2.12. The third-order valence-electron chi connectivity index (χ3n) is 3.55. The first-order chi connectivity index (χ1) is 11.9. The summed E-state index contributed by atoms with van der Waals surface area (Å²) in [6.45, 7) is 8.48. The number of carbonyl (C=O) groups is 2. The van der Waals surface area contributed by atoms with Crippen LogP contribution in [-0.4, -0.2) is 31.4 Å². The van der Waals surface area contributed by atoms with Gasteiger partial charge in [0.2, 0.25) is 0 Å². The number of carbonyl (C=O) groups excluding carboxylic acids is 2. The maximum absolute atomic E-state index is 12.1. The highest BCUT2D eigenvalue weighted by Crippen LogP contribution is 2.11. The van der Waals surface area contributed by atoms with Gasteiger partial charge in [-0.2, -0.15) is 0 Å². The third kappa shape index (κ3) is 9.13. The Kier molecular flexibility index (Phi) is 9.66. The molecule has 1 unspecified atom stereocenters. The first-order valence-corrected chi connectivity index (χ1v) is 9.01. The predicted octanol–water partition coefficient (Wildman–Crippen LogP) is 4.77. The number of esters is 1. The topological polar surface area (TPSA) is 61.8 Å². The van der Waals surface area contributed by atoms with E-state index in [2.05, 4.69) is 6.92 Å². The number of aryl methyl sites for hydroxylation is 1. The normalized spacial score (nSPS) is 11.9. The van der Waals surface area contributed by atoms with E-state index in [4.69, 9.17) is 14.2 Å². The lowest BCUT2D eigenvalue weighted by Gasteiger charge is -2.13. The summed E-state index contributed by atoms with van der Waals surface area (Å²) in [6.07, 6.45) is 2.43. The molecule has 0 bridgehead atoms. The lowest BCUT2D eigenvalue weighted by molar-refractivity contribution is 0.0260. The van der Waals surface area contributed by atoms with Gasteiger partial charge in [0.05, 0.1) is 24.9 Å². The summed E-state index contributed by atoms with van der Waals surface area (Å²) >= 11 is 0. The first kappa shape index (κ1) is 21.0. The van der Waals surface area contributed by atoms with Crippen molar-refractivity contribution in [2.24, 2.45) is 5.92 Å². The summed E-state index contributed by atoms with van der Waals surface area (Å²) < 4.78 is 15.3. The van der Waals surface area contributed by atoms with E-state index in [1.54, 1.807) is 12.1 Å². The number of hydrogen-bond donors (Lipinski definition) is 0. The van der Waals surface area contributed by atoms with Crippen LogP contribution in [0, 0.1) is 5.92 Å². The molecule has 0 amide bonds. The Bertz CT molecular complexity index is 521. The van der Waals surface area contributed by atoms with Gasteiger partial charge in [-0.15, -0.1) is 0 Å². The maximum Gasteiger partial charge on any atom is 0.508 e. The van der Waals surface area contributed by atoms with Crippen LogP contribution in [0.3, 0.4) is 0 Å². The van der Waals surface area contributed by atoms with Crippen LogP contribution >= 0.6 is 0 Å². The zero-order chi connectivity index (χ0) is 18.7. The number of ether oxygens (including phenoxy) is 3. The fourth-order valence-corrected chi connectivity index (χ4v) is 2.21. The van der Waals surface area contributed by atoms with Crippen molar-refractivity contribution in [3.63, 3.8) is 0 Å². The second kappa shape index (κ2) is 11.5. The Morgan fingerprint density at radius 2 is 1.72 bits per heavy atom. The van der Waals surface area contributed by atoms with Gasteiger partial charge in [-0.3, -0.25) is 0 Å². The van der Waals surface area contributed by atoms with Crippen molar-refractivity contribution >= 4 is 12.1 Å². The monoisotopic (exact) mass is 350 g/mol. The summed E-state index contributed by atoms with van der Waals surface area (Å²) in [5.74, 6) is -0.0455. The van der Waals surface area contributed by atoms with Crippen LogP contribution in [0.25, 0.3) is 0 Å². The van der Waals surface area contributed by atoms with Crippen molar-refractivity contribution in [3.8, 4) is 0 Å². The van der Waals surface area contributed by atoms with Gasteiger partial charge in [-0.25, -0.2) is 9.59 Å². The van der Waals surface area contributed by atoms with Crippen molar-refractivity contribution in [2.75, 3.05) is 13.2 Å². The molecule has 1 aromatic rings. The molecule has 0 saturated carbocycles. The quantitative estimate of drug-likeness (QED) is 0.449. The number of hydrogen-bond acceptors (Lipinski definition) is 5. The van der Waals surface area contributed by atoms with Gasteiger partial charge in [-0.05, 0) is 49.8 Å². The Hall–Kier alpha value is -2.04. The van der Waals surface area contributed by atoms with Crippen LogP contribution in [0.2, 0.25) is 0 Å². The van der Waals surface area contributed by atoms with Gasteiger partial charge >= 0.3 is 12.1 Å². The van der Waals surface area contributed by atoms with Gasteiger partial charge in [-0.1, -0.05) is 39.3 Å². The van der Waals surface area contributed by atoms with Crippen molar-refractivity contribution in [2.45, 2.75) is 59.5 Å². The second-order valence-corrected chi connectivity index (χ2v) is 6.61. The van der Waals surface area contributed by atoms with Crippen LogP contribution < -0.4 is 0 Å². The Balaban J connectivity index is 2.23. The number of rotatable bonds is 10. The smallest absolute Gasteiger partial charge is 0.459 e. The fourth-order valence-electron chi connectivity index (χ4n) is 2.21. The summed E-state index contributed by atoms with van der Waals surface area (Å²) in [4.78, 5) is 23.4. The summed E-state index contributed by atoms with van der Waals surface area (Å²) in [5.41, 5.74) is 1.77. The summed E-state index contributed by atoms with van der Waals surface area (Å²) in [6, 6.07) is 7.52. The second-order valence-electron chi connectivity index (χ2n) is 6.61. The largest absolute Gasteiger partial charge is 0.508 e. The Labute approximate surface area is 150 Å². The molecule has 1 aromatic carbocycles. The molecular weight excluding hydrogens is 320 g/mol. The molecule has 25 heavy (non-hydrogen) atoms. The lowest BCUT2D eigenvalue weighted by atomic mass is 10.1. The molecule has 5 heteroatoms. The minimum atomic E-state index is -0.648. The molecule has 1 rings (SSSR count). The molecule has 5 nitrogen and oxygen atoms in total. The highest BCUT2D eigenvalue weighted by atomic mass is 16.7. The molecule has 0 aromatic heterocycles. The Morgan fingerprint density at radius 1 is 1.04 bits per heavy atom. The molecule has 0 spiro atoms. The standard InChI is InChI=1S/C20H30O5/c1-5-7-17-9-11-18(12-10-17)19(21)25-16(4)8-6-13-23-20(22)24-14-15(2)3/h9-12,15-16H,5-8,13-14H2,1-4H3. The van der Waals surface area contributed by atoms with E-state index >= 15 is 0 Å². The van der Waals surface area contributed by atoms with E-state index in [0.717, 1.165) is 12.8 Å². The maximum atomic E-state index is 12.1. The van der Waals surface area contributed by atoms with Gasteiger partial charge < -0.3 is 14.2 Å². The predicted molar refractivity (Wildman–Crippen MR) is 96.7 cm³/mol. The molecule has 0 aliphatic heterocycles. The van der Waals surface area contributed by atoms with E-state index in [1.165, 1.54) is 5.56 Å². The summed E-state index contributed by atoms with van der Waals surface area (Å²) in [7, 11) is 0. The highest BCUT2D eigenvalue weighted by molar-refractivity contribution is 5.89. The minimum absolute atomic E-state index is 0.238. The Morgan fingerprint density at radius 3 is 2.32 bits per heavy atom. The van der Waals surface area contributed by atoms with E-state index in [0.29, 0.717) is 25.0 Å². The van der Waals surface area contributed by atoms with Gasteiger partial charge in [0, 0.05) is 0 Å². The van der Waals surface area contributed by atoms with Gasteiger partial charge in [0.15, 0.2) is 0 Å². The lowest BCUT2D eigenvalue weighted by Crippen LogP contribution is -2.17. The van der Waals surface area contributed by atoms with Crippen molar-refractivity contribution in [1.82, 2.24) is 0 Å². The zero-order valence-electron chi connectivity index (χ0n) is 15.7. The molecule has 0 N–H and O–H groups in total. The van der Waals surface area contributed by atoms with E-state index in [1.807, 2.05) is 32.9 Å². The molecule has 0 fully saturated rings. The number of benzene rings is 1. The summed E-state index contributed by atoms with van der Waals surface area (Å²) in [5, 5.41) is 0. The minimum Gasteiger partial charge on any atom is -0.459 e. The fraction of sp³-hybridized carbons (Fsp3) is 0.600. The van der Waals surface area contributed by atoms with Gasteiger partial charge in [0.25, 0.3) is 0 Å². The molecule has 0 aliphatic rings. The first-order valence-electron chi connectivity index (χ1n) is 9.01.